The van der Waals surface area contributed by atoms with Crippen molar-refractivity contribution >= 4 is 29.2 Å². The van der Waals surface area contributed by atoms with Crippen LogP contribution in [-0.4, -0.2) is 126 Å². The molecule has 3 aliphatic rings. The molecule has 1 amide bonds. The number of allylic oxidation sites excluding steroid dienone is 8. The van der Waals surface area contributed by atoms with Crippen molar-refractivity contribution in [2.24, 2.45) is 35.5 Å². The van der Waals surface area contributed by atoms with Gasteiger partial charge in [0.05, 0.1) is 24.4 Å². The van der Waals surface area contributed by atoms with Gasteiger partial charge in [0, 0.05) is 52.0 Å². The van der Waals surface area contributed by atoms with Gasteiger partial charge in [-0.15, -0.1) is 0 Å². The number of esters is 1. The Morgan fingerprint density at radius 1 is 0.861 bits per heavy atom. The van der Waals surface area contributed by atoms with Gasteiger partial charge in [0.2, 0.25) is 5.79 Å². The van der Waals surface area contributed by atoms with Gasteiger partial charge in [0.15, 0.2) is 11.6 Å². The molecule has 0 bridgehead atoms. The second-order valence-electron chi connectivity index (χ2n) is 20.8. The summed E-state index contributed by atoms with van der Waals surface area (Å²) in [6.45, 7) is 13.2. The van der Waals surface area contributed by atoms with Gasteiger partial charge in [-0.3, -0.25) is 19.2 Å². The summed E-state index contributed by atoms with van der Waals surface area (Å²) in [6, 6.07) is 8.28. The van der Waals surface area contributed by atoms with Crippen molar-refractivity contribution in [1.29, 1.82) is 0 Å². The molecule has 3 N–H and O–H groups in total. The number of likely N-dealkylation sites (tertiary alicyclic amines) is 1. The number of benzene rings is 1. The SMILES string of the molecule is CO[C@H](C[C@@H]1CC[C@@H](C)[C@](O)(C(=O)C(=O)N2CCCCC2C(=O)OCc2ccccc2)O1)C(C)=CC=CC=C[C@@H](C)C[C@@H](C)C(=O)[C@H](OC)[C@H](O)C(C)=C[C@@H](C)C(=O)C=C[C@H](C)CC1CC[C@@H](O)[C@H](OC)C1. The Hall–Kier alpha value is -4.41. The van der Waals surface area contributed by atoms with Crippen molar-refractivity contribution < 1.29 is 63.0 Å². The number of Topliss-reactive ketones (excluding diaryl/α,β-unsaturated/α-hetero) is 2. The summed E-state index contributed by atoms with van der Waals surface area (Å²) in [7, 11) is 4.61. The van der Waals surface area contributed by atoms with Crippen molar-refractivity contribution in [3.63, 3.8) is 0 Å². The number of ketones is 3. The van der Waals surface area contributed by atoms with Crippen molar-refractivity contribution in [2.75, 3.05) is 27.9 Å². The lowest BCUT2D eigenvalue weighted by Crippen LogP contribution is -2.60. The largest absolute Gasteiger partial charge is 0.459 e. The van der Waals surface area contributed by atoms with E-state index in [1.165, 1.54) is 12.0 Å². The number of piperidine rings is 1. The van der Waals surface area contributed by atoms with Gasteiger partial charge in [-0.05, 0) is 119 Å². The molecule has 2 aliphatic heterocycles. The van der Waals surface area contributed by atoms with Crippen LogP contribution in [0.15, 0.2) is 90.1 Å². The van der Waals surface area contributed by atoms with Crippen LogP contribution in [0.2, 0.25) is 0 Å². The van der Waals surface area contributed by atoms with Crippen LogP contribution >= 0.6 is 0 Å². The smallest absolute Gasteiger partial charge is 0.329 e. The molecule has 0 aromatic heterocycles. The molecule has 72 heavy (non-hydrogen) atoms. The van der Waals surface area contributed by atoms with E-state index in [1.54, 1.807) is 47.1 Å². The Bertz CT molecular complexity index is 2080. The van der Waals surface area contributed by atoms with Gasteiger partial charge in [-0.1, -0.05) is 107 Å². The predicted octanol–water partition coefficient (Wildman–Crippen LogP) is 8.16. The maximum Gasteiger partial charge on any atom is 0.329 e. The number of carbonyl (C=O) groups is 5. The zero-order chi connectivity index (χ0) is 53.1. The van der Waals surface area contributed by atoms with E-state index in [0.29, 0.717) is 62.9 Å². The number of carbonyl (C=O) groups excluding carboxylic acids is 5. The third-order valence-corrected chi connectivity index (χ3v) is 14.9. The van der Waals surface area contributed by atoms with Crippen LogP contribution in [0.4, 0.5) is 0 Å². The standard InChI is InChI=1S/C58H85NO13/c1-37(31-41(5)52(62)54(70-10)53(63)42(6)33-40(4)48(60)28-24-38(2)32-45-26-29-49(61)51(34-45)69-9)19-13-11-14-20-39(3)50(68-8)35-46-27-25-43(7)58(67,72-46)55(64)56(65)59-30-18-17-23-47(59)57(66)71-36-44-21-15-12-16-22-44/h11-16,19-22,24,28,33,37-38,40-41,43,45-47,49-51,53-54,61,63,67H,17-18,23,25-27,29-32,34-36H2,1-10H3/t37-,38+,40-,41-,43-,45?,46+,47?,49-,50-,51-,53-,54+,58-/m1/s1. The lowest BCUT2D eigenvalue weighted by Gasteiger charge is -2.42. The van der Waals surface area contributed by atoms with Crippen molar-refractivity contribution in [1.82, 2.24) is 4.90 Å². The zero-order valence-electron chi connectivity index (χ0n) is 44.6. The minimum atomic E-state index is -2.37. The summed E-state index contributed by atoms with van der Waals surface area (Å²) in [4.78, 5) is 68.7. The number of nitrogens with zero attached hydrogens (tertiary/aromatic N) is 1. The van der Waals surface area contributed by atoms with Crippen LogP contribution in [0.5, 0.6) is 0 Å². The van der Waals surface area contributed by atoms with Crippen LogP contribution in [-0.2, 0) is 54.3 Å². The third-order valence-electron chi connectivity index (χ3n) is 14.9. The van der Waals surface area contributed by atoms with Gasteiger partial charge in [0.25, 0.3) is 11.7 Å². The van der Waals surface area contributed by atoms with Gasteiger partial charge in [-0.2, -0.15) is 0 Å². The van der Waals surface area contributed by atoms with Gasteiger partial charge >= 0.3 is 5.97 Å². The molecule has 0 spiro atoms. The molecule has 1 aromatic carbocycles. The zero-order valence-corrected chi connectivity index (χ0v) is 44.6. The number of aliphatic hydroxyl groups excluding tert-OH is 2. The Morgan fingerprint density at radius 3 is 2.26 bits per heavy atom. The number of aliphatic hydroxyl groups is 3. The Balaban J connectivity index is 1.26. The minimum absolute atomic E-state index is 0.0167. The van der Waals surface area contributed by atoms with E-state index in [4.69, 9.17) is 23.7 Å². The first-order valence-electron chi connectivity index (χ1n) is 26.1. The summed E-state index contributed by atoms with van der Waals surface area (Å²) in [5, 5.41) is 33.1. The average molecular weight is 1000 g/mol. The molecule has 2 unspecified atom stereocenters. The molecular formula is C58H85NO13. The second-order valence-corrected chi connectivity index (χ2v) is 20.8. The number of hydrogen-bond donors (Lipinski definition) is 3. The number of ether oxygens (including phenoxy) is 5. The van der Waals surface area contributed by atoms with Crippen LogP contribution < -0.4 is 0 Å². The average Bonchev–Trinajstić information content (AvgIpc) is 3.37. The number of hydrogen-bond acceptors (Lipinski definition) is 13. The highest BCUT2D eigenvalue weighted by Gasteiger charge is 2.53. The molecule has 2 heterocycles. The third kappa shape index (κ3) is 17.3. The highest BCUT2D eigenvalue weighted by Crippen LogP contribution is 2.37. The molecule has 14 heteroatoms. The van der Waals surface area contributed by atoms with Crippen LogP contribution in [0.3, 0.4) is 0 Å². The molecule has 14 atom stereocenters. The molecule has 1 aliphatic carbocycles. The van der Waals surface area contributed by atoms with Gasteiger partial charge in [-0.25, -0.2) is 4.79 Å². The molecular weight excluding hydrogens is 919 g/mol. The maximum atomic E-state index is 13.9. The molecule has 3 fully saturated rings. The van der Waals surface area contributed by atoms with E-state index in [-0.39, 0.29) is 42.7 Å². The fourth-order valence-corrected chi connectivity index (χ4v) is 10.3. The lowest BCUT2D eigenvalue weighted by molar-refractivity contribution is -0.265. The van der Waals surface area contributed by atoms with Crippen LogP contribution in [0.25, 0.3) is 0 Å². The summed E-state index contributed by atoms with van der Waals surface area (Å²) < 4.78 is 28.5. The van der Waals surface area contributed by atoms with Crippen molar-refractivity contribution in [3.05, 3.63) is 95.6 Å². The number of amides is 1. The fourth-order valence-electron chi connectivity index (χ4n) is 10.3. The summed E-state index contributed by atoms with van der Waals surface area (Å²) in [6.07, 6.45) is 17.7. The Kier molecular flexibility index (Phi) is 24.6. The topological polar surface area (TPSA) is 195 Å². The maximum absolute atomic E-state index is 13.9. The molecule has 14 nitrogen and oxygen atoms in total. The number of methoxy groups -OCH3 is 3. The van der Waals surface area contributed by atoms with Crippen molar-refractivity contribution in [2.45, 2.75) is 174 Å². The fraction of sp³-hybridized carbons (Fsp3) is 0.638. The van der Waals surface area contributed by atoms with Crippen molar-refractivity contribution in [3.8, 4) is 0 Å². The number of rotatable bonds is 26. The van der Waals surface area contributed by atoms with E-state index in [9.17, 15) is 39.3 Å². The molecule has 400 valence electrons. The van der Waals surface area contributed by atoms with Gasteiger partial charge < -0.3 is 43.9 Å². The van der Waals surface area contributed by atoms with Crippen LogP contribution in [0, 0.1) is 35.5 Å². The molecule has 1 saturated carbocycles. The molecule has 4 rings (SSSR count). The first-order valence-corrected chi connectivity index (χ1v) is 26.1. The van der Waals surface area contributed by atoms with E-state index < -0.39 is 77.8 Å². The van der Waals surface area contributed by atoms with E-state index in [0.717, 1.165) is 30.4 Å². The summed E-state index contributed by atoms with van der Waals surface area (Å²) in [5.41, 5.74) is 2.17. The normalized spacial score (nSPS) is 27.5. The summed E-state index contributed by atoms with van der Waals surface area (Å²) >= 11 is 0. The van der Waals surface area contributed by atoms with Crippen LogP contribution in [0.1, 0.15) is 125 Å². The molecule has 2 saturated heterocycles. The quantitative estimate of drug-likeness (QED) is 0.0265. The highest BCUT2D eigenvalue weighted by atomic mass is 16.6. The van der Waals surface area contributed by atoms with Gasteiger partial charge in [0.1, 0.15) is 24.9 Å². The highest BCUT2D eigenvalue weighted by molar-refractivity contribution is 6.39. The Labute approximate surface area is 428 Å². The molecule has 0 radical (unpaired) electrons. The molecule has 1 aromatic rings. The van der Waals surface area contributed by atoms with E-state index in [1.807, 2.05) is 87.6 Å². The van der Waals surface area contributed by atoms with E-state index >= 15 is 0 Å². The lowest BCUT2D eigenvalue weighted by atomic mass is 9.80. The Morgan fingerprint density at radius 2 is 1.58 bits per heavy atom. The first kappa shape index (κ1) is 60.1. The predicted molar refractivity (Wildman–Crippen MR) is 276 cm³/mol. The second kappa shape index (κ2) is 29.5. The van der Waals surface area contributed by atoms with E-state index in [2.05, 4.69) is 6.92 Å². The first-order chi connectivity index (χ1) is 34.2. The summed E-state index contributed by atoms with van der Waals surface area (Å²) in [5.74, 6) is -6.31. The monoisotopic (exact) mass is 1000 g/mol. The minimum Gasteiger partial charge on any atom is -0.459 e.